The SMILES string of the molecule is CCCc1ccc2c(c1)Cc1cc(-c3ccc(OC(F)(F)F)c(F)c3)c(F)cc1-2. The van der Waals surface area contributed by atoms with Crippen LogP contribution in [-0.2, 0) is 12.8 Å². The van der Waals surface area contributed by atoms with E-state index >= 15 is 0 Å². The van der Waals surface area contributed by atoms with Crippen LogP contribution in [0.2, 0.25) is 0 Å². The summed E-state index contributed by atoms with van der Waals surface area (Å²) in [4.78, 5) is 0. The zero-order valence-corrected chi connectivity index (χ0v) is 15.5. The van der Waals surface area contributed by atoms with Crippen molar-refractivity contribution in [1.29, 1.82) is 0 Å². The summed E-state index contributed by atoms with van der Waals surface area (Å²) in [5, 5.41) is 0. The van der Waals surface area contributed by atoms with Gasteiger partial charge in [-0.2, -0.15) is 0 Å². The number of fused-ring (bicyclic) bond motifs is 3. The number of benzene rings is 3. The Labute approximate surface area is 164 Å². The van der Waals surface area contributed by atoms with E-state index in [1.165, 1.54) is 17.7 Å². The number of ether oxygens (including phenoxy) is 1. The van der Waals surface area contributed by atoms with E-state index in [4.69, 9.17) is 0 Å². The van der Waals surface area contributed by atoms with Crippen molar-refractivity contribution in [3.8, 4) is 28.0 Å². The van der Waals surface area contributed by atoms with E-state index in [0.717, 1.165) is 47.2 Å². The summed E-state index contributed by atoms with van der Waals surface area (Å²) in [6, 6.07) is 12.1. The number of aryl methyl sites for hydroxylation is 1. The summed E-state index contributed by atoms with van der Waals surface area (Å²) in [6.45, 7) is 2.10. The van der Waals surface area contributed by atoms with Crippen LogP contribution in [0.15, 0.2) is 48.5 Å². The molecule has 0 atom stereocenters. The molecule has 0 radical (unpaired) electrons. The van der Waals surface area contributed by atoms with Crippen LogP contribution in [0.4, 0.5) is 22.0 Å². The van der Waals surface area contributed by atoms with Crippen molar-refractivity contribution < 1.29 is 26.7 Å². The third kappa shape index (κ3) is 3.84. The topological polar surface area (TPSA) is 9.23 Å². The van der Waals surface area contributed by atoms with Gasteiger partial charge in [0.1, 0.15) is 5.82 Å². The predicted molar refractivity (Wildman–Crippen MR) is 101 cm³/mol. The monoisotopic (exact) mass is 404 g/mol. The maximum atomic E-state index is 14.8. The Kier molecular flexibility index (Phi) is 4.81. The van der Waals surface area contributed by atoms with E-state index in [-0.39, 0.29) is 11.1 Å². The molecule has 0 amide bonds. The molecule has 0 bridgehead atoms. The van der Waals surface area contributed by atoms with E-state index in [1.807, 2.05) is 12.1 Å². The van der Waals surface area contributed by atoms with Gasteiger partial charge in [0, 0.05) is 5.56 Å². The Morgan fingerprint density at radius 2 is 1.59 bits per heavy atom. The molecule has 0 saturated heterocycles. The zero-order chi connectivity index (χ0) is 20.8. The van der Waals surface area contributed by atoms with E-state index < -0.39 is 23.7 Å². The van der Waals surface area contributed by atoms with Gasteiger partial charge in [0.25, 0.3) is 0 Å². The van der Waals surface area contributed by atoms with Crippen LogP contribution in [0.3, 0.4) is 0 Å². The standard InChI is InChI=1S/C23H17F5O/c1-2-3-13-4-6-17-15(8-13)9-16-10-19(20(24)12-18(16)17)14-5-7-22(21(25)11-14)29-23(26,27)28/h4-8,10-12H,2-3,9H2,1H3. The van der Waals surface area contributed by atoms with Crippen molar-refractivity contribution in [2.24, 2.45) is 0 Å². The molecular formula is C23H17F5O. The van der Waals surface area contributed by atoms with Crippen molar-refractivity contribution in [1.82, 2.24) is 0 Å². The van der Waals surface area contributed by atoms with E-state index in [9.17, 15) is 22.0 Å². The molecule has 0 N–H and O–H groups in total. The largest absolute Gasteiger partial charge is 0.573 e. The number of hydrogen-bond acceptors (Lipinski definition) is 1. The second-order valence-corrected chi connectivity index (χ2v) is 7.10. The molecule has 0 fully saturated rings. The van der Waals surface area contributed by atoms with Crippen molar-refractivity contribution in [2.75, 3.05) is 0 Å². The van der Waals surface area contributed by atoms with Crippen LogP contribution in [0, 0.1) is 11.6 Å². The lowest BCUT2D eigenvalue weighted by atomic mass is 9.98. The first-order valence-corrected chi connectivity index (χ1v) is 9.25. The van der Waals surface area contributed by atoms with Gasteiger partial charge in [0.2, 0.25) is 0 Å². The van der Waals surface area contributed by atoms with Crippen LogP contribution < -0.4 is 4.74 Å². The Morgan fingerprint density at radius 3 is 2.28 bits per heavy atom. The molecule has 0 heterocycles. The smallest absolute Gasteiger partial charge is 0.403 e. The maximum Gasteiger partial charge on any atom is 0.573 e. The molecule has 3 aromatic carbocycles. The fourth-order valence-electron chi connectivity index (χ4n) is 3.82. The number of rotatable bonds is 4. The second-order valence-electron chi connectivity index (χ2n) is 7.10. The average molecular weight is 404 g/mol. The summed E-state index contributed by atoms with van der Waals surface area (Å²) < 4.78 is 69.4. The van der Waals surface area contributed by atoms with Gasteiger partial charge in [-0.15, -0.1) is 13.2 Å². The lowest BCUT2D eigenvalue weighted by Gasteiger charge is -2.12. The summed E-state index contributed by atoms with van der Waals surface area (Å²) in [5.41, 5.74) is 5.31. The average Bonchev–Trinajstić information content (AvgIpc) is 2.98. The van der Waals surface area contributed by atoms with E-state index in [2.05, 4.69) is 17.7 Å². The molecule has 29 heavy (non-hydrogen) atoms. The van der Waals surface area contributed by atoms with Gasteiger partial charge >= 0.3 is 6.36 Å². The first-order valence-electron chi connectivity index (χ1n) is 9.25. The fourth-order valence-corrected chi connectivity index (χ4v) is 3.82. The Balaban J connectivity index is 1.69. The maximum absolute atomic E-state index is 14.8. The normalized spacial score (nSPS) is 12.6. The zero-order valence-electron chi connectivity index (χ0n) is 15.5. The van der Waals surface area contributed by atoms with Crippen LogP contribution in [0.1, 0.15) is 30.0 Å². The minimum absolute atomic E-state index is 0.141. The van der Waals surface area contributed by atoms with Gasteiger partial charge in [0.05, 0.1) is 0 Å². The van der Waals surface area contributed by atoms with Gasteiger partial charge in [-0.05, 0) is 70.5 Å². The third-order valence-electron chi connectivity index (χ3n) is 5.04. The van der Waals surface area contributed by atoms with E-state index in [1.54, 1.807) is 6.07 Å². The van der Waals surface area contributed by atoms with Crippen LogP contribution >= 0.6 is 0 Å². The Hall–Kier alpha value is -2.89. The minimum Gasteiger partial charge on any atom is -0.403 e. The van der Waals surface area contributed by atoms with Gasteiger partial charge < -0.3 is 4.74 Å². The highest BCUT2D eigenvalue weighted by Gasteiger charge is 2.32. The molecule has 6 heteroatoms. The van der Waals surface area contributed by atoms with Gasteiger partial charge in [-0.1, -0.05) is 37.6 Å². The lowest BCUT2D eigenvalue weighted by molar-refractivity contribution is -0.275. The highest BCUT2D eigenvalue weighted by Crippen LogP contribution is 2.41. The van der Waals surface area contributed by atoms with Crippen LogP contribution in [0.5, 0.6) is 5.75 Å². The number of halogens is 5. The van der Waals surface area contributed by atoms with Crippen molar-refractivity contribution in [3.05, 3.63) is 76.9 Å². The quantitative estimate of drug-likeness (QED) is 0.331. The predicted octanol–water partition coefficient (Wildman–Crippen LogP) is 7.05. The number of alkyl halides is 3. The molecule has 0 aliphatic heterocycles. The Morgan fingerprint density at radius 1 is 0.828 bits per heavy atom. The third-order valence-corrected chi connectivity index (χ3v) is 5.04. The molecule has 0 saturated carbocycles. The number of hydrogen-bond donors (Lipinski definition) is 0. The van der Waals surface area contributed by atoms with Crippen LogP contribution in [-0.4, -0.2) is 6.36 Å². The van der Waals surface area contributed by atoms with Gasteiger partial charge in [0.15, 0.2) is 11.6 Å². The Bertz CT molecular complexity index is 1090. The fraction of sp³-hybridized carbons (Fsp3) is 0.217. The van der Waals surface area contributed by atoms with Crippen molar-refractivity contribution in [2.45, 2.75) is 32.5 Å². The second kappa shape index (κ2) is 7.17. The molecule has 4 rings (SSSR count). The minimum atomic E-state index is -5.00. The van der Waals surface area contributed by atoms with E-state index in [0.29, 0.717) is 6.42 Å². The summed E-state index contributed by atoms with van der Waals surface area (Å²) in [6.07, 6.45) is -2.37. The molecule has 1 nitrogen and oxygen atoms in total. The molecule has 0 unspecified atom stereocenters. The molecule has 3 aromatic rings. The molecule has 1 aliphatic rings. The molecule has 150 valence electrons. The highest BCUT2D eigenvalue weighted by molar-refractivity contribution is 5.81. The summed E-state index contributed by atoms with van der Waals surface area (Å²) in [7, 11) is 0. The first kappa shape index (κ1) is 19.4. The van der Waals surface area contributed by atoms with Gasteiger partial charge in [-0.3, -0.25) is 0 Å². The van der Waals surface area contributed by atoms with Crippen molar-refractivity contribution >= 4 is 0 Å². The molecule has 0 aromatic heterocycles. The molecule has 1 aliphatic carbocycles. The summed E-state index contributed by atoms with van der Waals surface area (Å²) in [5.74, 6) is -2.70. The van der Waals surface area contributed by atoms with Gasteiger partial charge in [-0.25, -0.2) is 8.78 Å². The van der Waals surface area contributed by atoms with Crippen molar-refractivity contribution in [3.63, 3.8) is 0 Å². The highest BCUT2D eigenvalue weighted by atomic mass is 19.4. The lowest BCUT2D eigenvalue weighted by Crippen LogP contribution is -2.17. The molecular weight excluding hydrogens is 387 g/mol. The molecule has 0 spiro atoms. The summed E-state index contributed by atoms with van der Waals surface area (Å²) >= 11 is 0. The van der Waals surface area contributed by atoms with Crippen LogP contribution in [0.25, 0.3) is 22.3 Å². The first-order chi connectivity index (χ1) is 13.7.